The van der Waals surface area contributed by atoms with Gasteiger partial charge < -0.3 is 10.5 Å². The van der Waals surface area contributed by atoms with Crippen molar-refractivity contribution in [2.75, 3.05) is 0 Å². The van der Waals surface area contributed by atoms with Crippen molar-refractivity contribution in [3.63, 3.8) is 0 Å². The standard InChI is InChI=1S/C15H14ClNOS/c1-10-3-2-4-11(7-10)9-18-14-6-5-12(16)8-13(14)15(17)19/h2-8H,9H2,1H3,(H2,17,19). The Morgan fingerprint density at radius 3 is 2.74 bits per heavy atom. The molecule has 19 heavy (non-hydrogen) atoms. The first kappa shape index (κ1) is 13.8. The predicted octanol–water partition coefficient (Wildman–Crippen LogP) is 3.86. The van der Waals surface area contributed by atoms with Crippen LogP contribution in [0.25, 0.3) is 0 Å². The van der Waals surface area contributed by atoms with Crippen molar-refractivity contribution >= 4 is 28.8 Å². The van der Waals surface area contributed by atoms with Crippen LogP contribution in [0.4, 0.5) is 0 Å². The highest BCUT2D eigenvalue weighted by molar-refractivity contribution is 7.80. The van der Waals surface area contributed by atoms with Crippen LogP contribution >= 0.6 is 23.8 Å². The normalized spacial score (nSPS) is 10.2. The first-order valence-corrected chi connectivity index (χ1v) is 6.62. The molecule has 98 valence electrons. The van der Waals surface area contributed by atoms with Crippen molar-refractivity contribution in [3.8, 4) is 5.75 Å². The van der Waals surface area contributed by atoms with E-state index in [4.69, 9.17) is 34.3 Å². The van der Waals surface area contributed by atoms with E-state index in [1.807, 2.05) is 25.1 Å². The molecule has 0 spiro atoms. The van der Waals surface area contributed by atoms with E-state index in [-0.39, 0.29) is 4.99 Å². The molecule has 0 bridgehead atoms. The molecule has 2 N–H and O–H groups in total. The van der Waals surface area contributed by atoms with Gasteiger partial charge in [-0.25, -0.2) is 0 Å². The summed E-state index contributed by atoms with van der Waals surface area (Å²) in [6.07, 6.45) is 0. The molecule has 0 fully saturated rings. The molecule has 0 aliphatic rings. The van der Waals surface area contributed by atoms with Crippen molar-refractivity contribution in [2.45, 2.75) is 13.5 Å². The summed E-state index contributed by atoms with van der Waals surface area (Å²) in [5.41, 5.74) is 8.63. The highest BCUT2D eigenvalue weighted by Crippen LogP contribution is 2.23. The van der Waals surface area contributed by atoms with Gasteiger partial charge in [0.05, 0.1) is 5.56 Å². The molecule has 0 saturated carbocycles. The van der Waals surface area contributed by atoms with E-state index in [9.17, 15) is 0 Å². The van der Waals surface area contributed by atoms with Gasteiger partial charge in [0.1, 0.15) is 17.3 Å². The van der Waals surface area contributed by atoms with Crippen LogP contribution in [0.1, 0.15) is 16.7 Å². The number of aryl methyl sites for hydroxylation is 1. The molecule has 0 aliphatic heterocycles. The fourth-order valence-corrected chi connectivity index (χ4v) is 2.12. The number of ether oxygens (including phenoxy) is 1. The summed E-state index contributed by atoms with van der Waals surface area (Å²) in [4.78, 5) is 0.279. The van der Waals surface area contributed by atoms with Gasteiger partial charge in [0.15, 0.2) is 0 Å². The third-order valence-corrected chi connectivity index (χ3v) is 3.14. The van der Waals surface area contributed by atoms with Gasteiger partial charge in [0.2, 0.25) is 0 Å². The summed E-state index contributed by atoms with van der Waals surface area (Å²) in [6.45, 7) is 2.52. The van der Waals surface area contributed by atoms with Crippen LogP contribution in [0.2, 0.25) is 5.02 Å². The van der Waals surface area contributed by atoms with Gasteiger partial charge in [0, 0.05) is 5.02 Å². The molecule has 0 atom stereocenters. The lowest BCUT2D eigenvalue weighted by molar-refractivity contribution is 0.305. The summed E-state index contributed by atoms with van der Waals surface area (Å²) in [5, 5.41) is 0.589. The fourth-order valence-electron chi connectivity index (χ4n) is 1.78. The third-order valence-electron chi connectivity index (χ3n) is 2.68. The lowest BCUT2D eigenvalue weighted by Gasteiger charge is -2.11. The zero-order valence-corrected chi connectivity index (χ0v) is 12.1. The zero-order valence-electron chi connectivity index (χ0n) is 10.5. The topological polar surface area (TPSA) is 35.2 Å². The van der Waals surface area contributed by atoms with Gasteiger partial charge >= 0.3 is 0 Å². The Hall–Kier alpha value is -1.58. The van der Waals surface area contributed by atoms with Crippen molar-refractivity contribution in [3.05, 3.63) is 64.2 Å². The van der Waals surface area contributed by atoms with E-state index in [2.05, 4.69) is 6.07 Å². The second kappa shape index (κ2) is 6.04. The van der Waals surface area contributed by atoms with E-state index in [1.54, 1.807) is 18.2 Å². The molecule has 0 aliphatic carbocycles. The Balaban J connectivity index is 2.17. The minimum absolute atomic E-state index is 0.279. The molecule has 0 saturated heterocycles. The van der Waals surface area contributed by atoms with Gasteiger partial charge in [-0.05, 0) is 30.7 Å². The molecule has 4 heteroatoms. The monoisotopic (exact) mass is 291 g/mol. The van der Waals surface area contributed by atoms with Crippen LogP contribution in [0.3, 0.4) is 0 Å². The highest BCUT2D eigenvalue weighted by atomic mass is 35.5. The first-order chi connectivity index (χ1) is 9.06. The highest BCUT2D eigenvalue weighted by Gasteiger charge is 2.07. The molecule has 2 rings (SSSR count). The third kappa shape index (κ3) is 3.69. The summed E-state index contributed by atoms with van der Waals surface area (Å²) in [6, 6.07) is 13.4. The van der Waals surface area contributed by atoms with Crippen LogP contribution in [0.15, 0.2) is 42.5 Å². The molecule has 2 nitrogen and oxygen atoms in total. The fraction of sp³-hybridized carbons (Fsp3) is 0.133. The molecule has 0 radical (unpaired) electrons. The first-order valence-electron chi connectivity index (χ1n) is 5.84. The summed E-state index contributed by atoms with van der Waals surface area (Å²) >= 11 is 10.9. The number of thiocarbonyl (C=S) groups is 1. The molecular weight excluding hydrogens is 278 g/mol. The molecular formula is C15H14ClNOS. The van der Waals surface area contributed by atoms with Crippen molar-refractivity contribution in [2.24, 2.45) is 5.73 Å². The lowest BCUT2D eigenvalue weighted by atomic mass is 10.1. The molecule has 2 aromatic rings. The second-order valence-corrected chi connectivity index (χ2v) is 5.16. The predicted molar refractivity (Wildman–Crippen MR) is 82.9 cm³/mol. The quantitative estimate of drug-likeness (QED) is 0.869. The molecule has 2 aromatic carbocycles. The average molecular weight is 292 g/mol. The second-order valence-electron chi connectivity index (χ2n) is 4.28. The average Bonchev–Trinajstić information content (AvgIpc) is 2.37. The largest absolute Gasteiger partial charge is 0.488 e. The van der Waals surface area contributed by atoms with Crippen LogP contribution in [-0.4, -0.2) is 4.99 Å². The van der Waals surface area contributed by atoms with Crippen LogP contribution in [-0.2, 0) is 6.61 Å². The van der Waals surface area contributed by atoms with Crippen LogP contribution < -0.4 is 10.5 Å². The SMILES string of the molecule is Cc1cccc(COc2ccc(Cl)cc2C(N)=S)c1. The van der Waals surface area contributed by atoms with E-state index >= 15 is 0 Å². The van der Waals surface area contributed by atoms with E-state index < -0.39 is 0 Å². The minimum Gasteiger partial charge on any atom is -0.488 e. The van der Waals surface area contributed by atoms with E-state index in [0.29, 0.717) is 22.9 Å². The molecule has 0 unspecified atom stereocenters. The van der Waals surface area contributed by atoms with Gasteiger partial charge in [0.25, 0.3) is 0 Å². The molecule has 0 aromatic heterocycles. The number of benzene rings is 2. The Labute approximate surface area is 123 Å². The summed E-state index contributed by atoms with van der Waals surface area (Å²) < 4.78 is 5.77. The van der Waals surface area contributed by atoms with Crippen LogP contribution in [0.5, 0.6) is 5.75 Å². The number of halogens is 1. The van der Waals surface area contributed by atoms with Gasteiger partial charge in [-0.1, -0.05) is 53.6 Å². The Morgan fingerprint density at radius 1 is 1.26 bits per heavy atom. The van der Waals surface area contributed by atoms with Gasteiger partial charge in [-0.3, -0.25) is 0 Å². The lowest BCUT2D eigenvalue weighted by Crippen LogP contribution is -2.11. The molecule has 0 amide bonds. The maximum atomic E-state index is 5.93. The van der Waals surface area contributed by atoms with Crippen molar-refractivity contribution in [1.82, 2.24) is 0 Å². The van der Waals surface area contributed by atoms with Crippen molar-refractivity contribution in [1.29, 1.82) is 0 Å². The van der Waals surface area contributed by atoms with E-state index in [1.165, 1.54) is 5.56 Å². The van der Waals surface area contributed by atoms with Gasteiger partial charge in [-0.15, -0.1) is 0 Å². The Bertz CT molecular complexity index is 613. The smallest absolute Gasteiger partial charge is 0.130 e. The zero-order chi connectivity index (χ0) is 13.8. The van der Waals surface area contributed by atoms with Crippen molar-refractivity contribution < 1.29 is 4.74 Å². The number of nitrogens with two attached hydrogens (primary N) is 1. The summed E-state index contributed by atoms with van der Waals surface area (Å²) in [7, 11) is 0. The Morgan fingerprint density at radius 2 is 2.05 bits per heavy atom. The number of hydrogen-bond acceptors (Lipinski definition) is 2. The maximum Gasteiger partial charge on any atom is 0.130 e. The maximum absolute atomic E-state index is 5.93. The Kier molecular flexibility index (Phi) is 4.40. The van der Waals surface area contributed by atoms with Crippen LogP contribution in [0, 0.1) is 6.92 Å². The molecule has 0 heterocycles. The van der Waals surface area contributed by atoms with Gasteiger partial charge in [-0.2, -0.15) is 0 Å². The number of rotatable bonds is 4. The number of hydrogen-bond donors (Lipinski definition) is 1. The summed E-state index contributed by atoms with van der Waals surface area (Å²) in [5.74, 6) is 0.651. The minimum atomic E-state index is 0.279. The van der Waals surface area contributed by atoms with E-state index in [0.717, 1.165) is 5.56 Å².